The van der Waals surface area contributed by atoms with Gasteiger partial charge in [-0.25, -0.2) is 4.79 Å². The fourth-order valence-electron chi connectivity index (χ4n) is 0.953. The van der Waals surface area contributed by atoms with Crippen molar-refractivity contribution in [3.05, 3.63) is 28.2 Å². The van der Waals surface area contributed by atoms with Crippen molar-refractivity contribution >= 4 is 27.9 Å². The molecule has 5 heteroatoms. The van der Waals surface area contributed by atoms with E-state index in [1.807, 2.05) is 0 Å². The highest BCUT2D eigenvalue weighted by atomic mass is 79.9. The Bertz CT molecular complexity index is 400. The largest absolute Gasteiger partial charge is 0.478 e. The highest BCUT2D eigenvalue weighted by Gasteiger charge is 2.13. The van der Waals surface area contributed by atoms with Crippen molar-refractivity contribution in [1.82, 2.24) is 0 Å². The lowest BCUT2D eigenvalue weighted by Crippen LogP contribution is -2.09. The molecule has 80 valence electrons. The summed E-state index contributed by atoms with van der Waals surface area (Å²) in [6.45, 7) is 1.64. The second kappa shape index (κ2) is 4.93. The van der Waals surface area contributed by atoms with E-state index >= 15 is 0 Å². The molecule has 1 aromatic carbocycles. The molecular formula is C10H9BrO4. The second-order valence-corrected chi connectivity index (χ2v) is 3.69. The number of aromatic carboxylic acids is 1. The van der Waals surface area contributed by atoms with Gasteiger partial charge in [0.25, 0.3) is 0 Å². The molecule has 4 nitrogen and oxygen atoms in total. The molecule has 0 saturated carbocycles. The minimum absolute atomic E-state index is 0.0359. The molecule has 0 aliphatic heterocycles. The summed E-state index contributed by atoms with van der Waals surface area (Å²) < 4.78 is 5.49. The smallest absolute Gasteiger partial charge is 0.339 e. The van der Waals surface area contributed by atoms with E-state index in [1.54, 1.807) is 13.0 Å². The highest BCUT2D eigenvalue weighted by molar-refractivity contribution is 9.10. The third-order valence-corrected chi connectivity index (χ3v) is 2.18. The van der Waals surface area contributed by atoms with Crippen LogP contribution in [0.4, 0.5) is 0 Å². The van der Waals surface area contributed by atoms with Crippen LogP contribution < -0.4 is 4.74 Å². The molecule has 1 N–H and O–H groups in total. The molecule has 0 spiro atoms. The zero-order chi connectivity index (χ0) is 11.4. The zero-order valence-electron chi connectivity index (χ0n) is 7.99. The Labute approximate surface area is 95.0 Å². The van der Waals surface area contributed by atoms with Gasteiger partial charge < -0.3 is 9.84 Å². The Morgan fingerprint density at radius 3 is 2.67 bits per heavy atom. The van der Waals surface area contributed by atoms with E-state index in [0.717, 1.165) is 0 Å². The van der Waals surface area contributed by atoms with Crippen LogP contribution in [0, 0.1) is 0 Å². The van der Waals surface area contributed by atoms with Gasteiger partial charge in [0, 0.05) is 10.9 Å². The summed E-state index contributed by atoms with van der Waals surface area (Å²) in [5, 5.41) is 8.86. The monoisotopic (exact) mass is 272 g/mol. The first-order chi connectivity index (χ1) is 7.04. The van der Waals surface area contributed by atoms with Gasteiger partial charge in [0.05, 0.1) is 0 Å². The SMILES string of the molecule is CCC(=O)Oc1ccc(Br)cc1C(=O)O. The van der Waals surface area contributed by atoms with Gasteiger partial charge in [-0.3, -0.25) is 4.79 Å². The van der Waals surface area contributed by atoms with Gasteiger partial charge in [-0.15, -0.1) is 0 Å². The molecule has 0 atom stereocenters. The number of halogens is 1. The minimum atomic E-state index is -1.13. The maximum absolute atomic E-state index is 11.0. The highest BCUT2D eigenvalue weighted by Crippen LogP contribution is 2.23. The number of carboxylic acid groups (broad SMARTS) is 1. The van der Waals surface area contributed by atoms with E-state index < -0.39 is 11.9 Å². The van der Waals surface area contributed by atoms with Crippen LogP contribution in [0.25, 0.3) is 0 Å². The lowest BCUT2D eigenvalue weighted by molar-refractivity contribution is -0.134. The molecule has 0 aliphatic rings. The van der Waals surface area contributed by atoms with Crippen molar-refractivity contribution < 1.29 is 19.4 Å². The summed E-state index contributed by atoms with van der Waals surface area (Å²) in [6.07, 6.45) is 0.203. The number of benzene rings is 1. The van der Waals surface area contributed by atoms with Gasteiger partial charge in [0.1, 0.15) is 11.3 Å². The van der Waals surface area contributed by atoms with E-state index in [4.69, 9.17) is 9.84 Å². The maximum atomic E-state index is 11.0. The third kappa shape index (κ3) is 3.06. The fraction of sp³-hybridized carbons (Fsp3) is 0.200. The van der Waals surface area contributed by atoms with E-state index in [0.29, 0.717) is 4.47 Å². The van der Waals surface area contributed by atoms with Crippen LogP contribution in [0.5, 0.6) is 5.75 Å². The number of carbonyl (C=O) groups excluding carboxylic acids is 1. The predicted molar refractivity (Wildman–Crippen MR) is 57.0 cm³/mol. The van der Waals surface area contributed by atoms with Gasteiger partial charge in [-0.2, -0.15) is 0 Å². The van der Waals surface area contributed by atoms with Crippen molar-refractivity contribution in [1.29, 1.82) is 0 Å². The number of hydrogen-bond acceptors (Lipinski definition) is 3. The molecule has 0 heterocycles. The Morgan fingerprint density at radius 2 is 2.13 bits per heavy atom. The van der Waals surface area contributed by atoms with Crippen molar-refractivity contribution in [2.24, 2.45) is 0 Å². The van der Waals surface area contributed by atoms with Gasteiger partial charge in [-0.05, 0) is 18.2 Å². The van der Waals surface area contributed by atoms with Crippen LogP contribution in [0.2, 0.25) is 0 Å². The predicted octanol–water partition coefficient (Wildman–Crippen LogP) is 2.46. The van der Waals surface area contributed by atoms with Crippen molar-refractivity contribution in [2.45, 2.75) is 13.3 Å². The number of rotatable bonds is 3. The number of carbonyl (C=O) groups is 2. The summed E-state index contributed by atoms with van der Waals surface area (Å²) in [5.41, 5.74) is -0.0359. The normalized spacial score (nSPS) is 9.73. The van der Waals surface area contributed by atoms with Crippen LogP contribution in [0.3, 0.4) is 0 Å². The Balaban J connectivity index is 3.06. The summed E-state index contributed by atoms with van der Waals surface area (Å²) in [6, 6.07) is 4.45. The first kappa shape index (κ1) is 11.7. The molecular weight excluding hydrogens is 264 g/mol. The van der Waals surface area contributed by atoms with Gasteiger partial charge in [0.2, 0.25) is 0 Å². The molecule has 0 aliphatic carbocycles. The fourth-order valence-corrected chi connectivity index (χ4v) is 1.31. The van der Waals surface area contributed by atoms with Crippen molar-refractivity contribution in [3.8, 4) is 5.75 Å². The summed E-state index contributed by atoms with van der Waals surface area (Å²) >= 11 is 3.14. The Hall–Kier alpha value is -1.36. The molecule has 1 aromatic rings. The standard InChI is InChI=1S/C10H9BrO4/c1-2-9(12)15-8-4-3-6(11)5-7(8)10(13)14/h3-5H,2H2,1H3,(H,13,14). The second-order valence-electron chi connectivity index (χ2n) is 2.77. The van der Waals surface area contributed by atoms with E-state index in [9.17, 15) is 9.59 Å². The number of ether oxygens (including phenoxy) is 1. The average molecular weight is 273 g/mol. The van der Waals surface area contributed by atoms with E-state index in [-0.39, 0.29) is 17.7 Å². The van der Waals surface area contributed by atoms with Crippen molar-refractivity contribution in [2.75, 3.05) is 0 Å². The summed E-state index contributed by atoms with van der Waals surface area (Å²) in [7, 11) is 0. The maximum Gasteiger partial charge on any atom is 0.339 e. The molecule has 1 rings (SSSR count). The van der Waals surface area contributed by atoms with Gasteiger partial charge in [-0.1, -0.05) is 22.9 Å². The number of esters is 1. The quantitative estimate of drug-likeness (QED) is 0.678. The van der Waals surface area contributed by atoms with Crippen LogP contribution in [-0.4, -0.2) is 17.0 Å². The first-order valence-corrected chi connectivity index (χ1v) is 5.07. The first-order valence-electron chi connectivity index (χ1n) is 4.28. The van der Waals surface area contributed by atoms with Crippen LogP contribution in [-0.2, 0) is 4.79 Å². The van der Waals surface area contributed by atoms with Gasteiger partial charge >= 0.3 is 11.9 Å². The molecule has 0 aromatic heterocycles. The molecule has 0 unspecified atom stereocenters. The molecule has 0 fully saturated rings. The van der Waals surface area contributed by atoms with Crippen LogP contribution in [0.15, 0.2) is 22.7 Å². The van der Waals surface area contributed by atoms with E-state index in [1.165, 1.54) is 12.1 Å². The Kier molecular flexibility index (Phi) is 3.85. The lowest BCUT2D eigenvalue weighted by Gasteiger charge is -2.06. The van der Waals surface area contributed by atoms with Gasteiger partial charge in [0.15, 0.2) is 0 Å². The zero-order valence-corrected chi connectivity index (χ0v) is 9.58. The van der Waals surface area contributed by atoms with Crippen molar-refractivity contribution in [3.63, 3.8) is 0 Å². The Morgan fingerprint density at radius 1 is 1.47 bits per heavy atom. The summed E-state index contributed by atoms with van der Waals surface area (Å²) in [5.74, 6) is -1.52. The van der Waals surface area contributed by atoms with Crippen LogP contribution in [0.1, 0.15) is 23.7 Å². The average Bonchev–Trinajstić information content (AvgIpc) is 2.20. The third-order valence-electron chi connectivity index (χ3n) is 1.68. The molecule has 0 radical (unpaired) electrons. The number of hydrogen-bond donors (Lipinski definition) is 1. The summed E-state index contributed by atoms with van der Waals surface area (Å²) in [4.78, 5) is 21.8. The number of carboxylic acids is 1. The molecule has 15 heavy (non-hydrogen) atoms. The van der Waals surface area contributed by atoms with Crippen LogP contribution >= 0.6 is 15.9 Å². The lowest BCUT2D eigenvalue weighted by atomic mass is 10.2. The topological polar surface area (TPSA) is 63.6 Å². The van der Waals surface area contributed by atoms with E-state index in [2.05, 4.69) is 15.9 Å². The molecule has 0 amide bonds. The molecule has 0 saturated heterocycles. The molecule has 0 bridgehead atoms. The minimum Gasteiger partial charge on any atom is -0.478 e.